The lowest BCUT2D eigenvalue weighted by atomic mass is 10.2. The summed E-state index contributed by atoms with van der Waals surface area (Å²) in [5.41, 5.74) is 2.04. The minimum Gasteiger partial charge on any atom is -0.388 e. The Bertz CT molecular complexity index is 442. The van der Waals surface area contributed by atoms with Crippen LogP contribution in [0.5, 0.6) is 0 Å². The van der Waals surface area contributed by atoms with Gasteiger partial charge in [-0.15, -0.1) is 0 Å². The molecular formula is C11H18N2O3S. The van der Waals surface area contributed by atoms with Crippen molar-refractivity contribution in [1.82, 2.24) is 0 Å². The lowest BCUT2D eigenvalue weighted by Crippen LogP contribution is -2.20. The fourth-order valence-corrected chi connectivity index (χ4v) is 1.99. The maximum atomic E-state index is 10.6. The Labute approximate surface area is 102 Å². The van der Waals surface area contributed by atoms with Crippen molar-refractivity contribution in [3.8, 4) is 0 Å². The lowest BCUT2D eigenvalue weighted by molar-refractivity contribution is 0.481. The molecule has 0 aliphatic rings. The van der Waals surface area contributed by atoms with Crippen molar-refractivity contribution in [3.63, 3.8) is 0 Å². The van der Waals surface area contributed by atoms with Gasteiger partial charge >= 0.3 is 0 Å². The second-order valence-electron chi connectivity index (χ2n) is 3.86. The van der Waals surface area contributed by atoms with Crippen molar-refractivity contribution in [2.75, 3.05) is 36.6 Å². The molecule has 1 aromatic carbocycles. The molecule has 1 aromatic rings. The highest BCUT2D eigenvalue weighted by molar-refractivity contribution is 7.85. The van der Waals surface area contributed by atoms with Gasteiger partial charge in [-0.2, -0.15) is 8.42 Å². The molecule has 0 atom stereocenters. The highest BCUT2D eigenvalue weighted by atomic mass is 32.2. The van der Waals surface area contributed by atoms with Gasteiger partial charge in [0.15, 0.2) is 0 Å². The number of nitrogens with one attached hydrogen (secondary N) is 1. The van der Waals surface area contributed by atoms with Crippen molar-refractivity contribution < 1.29 is 13.0 Å². The first-order valence-corrected chi connectivity index (χ1v) is 6.97. The van der Waals surface area contributed by atoms with E-state index < -0.39 is 10.1 Å². The zero-order valence-corrected chi connectivity index (χ0v) is 10.9. The zero-order chi connectivity index (χ0) is 12.9. The van der Waals surface area contributed by atoms with E-state index in [1.807, 2.05) is 43.3 Å². The number of benzene rings is 1. The van der Waals surface area contributed by atoms with Crippen LogP contribution in [0.3, 0.4) is 0 Å². The molecule has 5 nitrogen and oxygen atoms in total. The molecule has 0 aliphatic carbocycles. The highest BCUT2D eigenvalue weighted by Crippen LogP contribution is 2.16. The third kappa shape index (κ3) is 5.06. The Balaban J connectivity index is 2.49. The summed E-state index contributed by atoms with van der Waals surface area (Å²) in [7, 11) is -0.110. The summed E-state index contributed by atoms with van der Waals surface area (Å²) < 4.78 is 29.7. The summed E-state index contributed by atoms with van der Waals surface area (Å²) in [6.07, 6.45) is 0.406. The highest BCUT2D eigenvalue weighted by Gasteiger charge is 2.06. The average molecular weight is 258 g/mol. The summed E-state index contributed by atoms with van der Waals surface area (Å²) >= 11 is 0. The van der Waals surface area contributed by atoms with E-state index in [0.29, 0.717) is 13.0 Å². The predicted octanol–water partition coefficient (Wildman–Crippen LogP) is 1.44. The maximum absolute atomic E-state index is 10.6. The molecule has 0 spiro atoms. The molecule has 0 saturated heterocycles. The van der Waals surface area contributed by atoms with Crippen LogP contribution in [-0.4, -0.2) is 39.4 Å². The van der Waals surface area contributed by atoms with Crippen LogP contribution >= 0.6 is 0 Å². The molecule has 0 fully saturated rings. The van der Waals surface area contributed by atoms with Gasteiger partial charge in [-0.05, 0) is 30.7 Å². The summed E-state index contributed by atoms with van der Waals surface area (Å²) in [6.45, 7) is 0.582. The van der Waals surface area contributed by atoms with Crippen LogP contribution in [0.4, 0.5) is 11.4 Å². The summed E-state index contributed by atoms with van der Waals surface area (Å²) in [6, 6.07) is 7.82. The molecule has 0 saturated carbocycles. The van der Waals surface area contributed by atoms with Crippen molar-refractivity contribution in [2.24, 2.45) is 0 Å². The van der Waals surface area contributed by atoms with Gasteiger partial charge in [0.25, 0.3) is 10.1 Å². The molecule has 0 radical (unpaired) electrons. The monoisotopic (exact) mass is 258 g/mol. The van der Waals surface area contributed by atoms with Gasteiger partial charge in [0, 0.05) is 32.0 Å². The summed E-state index contributed by atoms with van der Waals surface area (Å²) in [4.78, 5) is 1.95. The Morgan fingerprint density at radius 3 is 2.35 bits per heavy atom. The average Bonchev–Trinajstić information content (AvgIpc) is 2.27. The number of hydrogen-bond donors (Lipinski definition) is 2. The Morgan fingerprint density at radius 1 is 1.29 bits per heavy atom. The zero-order valence-electron chi connectivity index (χ0n) is 10.0. The normalized spacial score (nSPS) is 11.2. The van der Waals surface area contributed by atoms with E-state index in [4.69, 9.17) is 4.55 Å². The van der Waals surface area contributed by atoms with Crippen molar-refractivity contribution in [1.29, 1.82) is 0 Å². The fraction of sp³-hybridized carbons (Fsp3) is 0.455. The number of anilines is 2. The topological polar surface area (TPSA) is 69.6 Å². The van der Waals surface area contributed by atoms with Crippen LogP contribution in [0.15, 0.2) is 24.3 Å². The number of hydrogen-bond acceptors (Lipinski definition) is 4. The van der Waals surface area contributed by atoms with Crippen LogP contribution in [0, 0.1) is 0 Å². The SMILES string of the molecule is CNc1ccc(N(C)CCCS(=O)(=O)O)cc1. The molecule has 17 heavy (non-hydrogen) atoms. The maximum Gasteiger partial charge on any atom is 0.264 e. The van der Waals surface area contributed by atoms with Gasteiger partial charge in [0.2, 0.25) is 0 Å². The number of rotatable bonds is 6. The molecule has 6 heteroatoms. The first-order valence-electron chi connectivity index (χ1n) is 5.36. The molecule has 0 bridgehead atoms. The van der Waals surface area contributed by atoms with E-state index in [1.165, 1.54) is 0 Å². The van der Waals surface area contributed by atoms with Crippen molar-refractivity contribution >= 4 is 21.5 Å². The first kappa shape index (κ1) is 13.8. The second-order valence-corrected chi connectivity index (χ2v) is 5.43. The van der Waals surface area contributed by atoms with Crippen LogP contribution < -0.4 is 10.2 Å². The van der Waals surface area contributed by atoms with E-state index in [0.717, 1.165) is 11.4 Å². The van der Waals surface area contributed by atoms with E-state index in [-0.39, 0.29) is 5.75 Å². The van der Waals surface area contributed by atoms with Crippen molar-refractivity contribution in [3.05, 3.63) is 24.3 Å². The summed E-state index contributed by atoms with van der Waals surface area (Å²) in [5.74, 6) is -0.202. The predicted molar refractivity (Wildman–Crippen MR) is 70.3 cm³/mol. The third-order valence-corrected chi connectivity index (χ3v) is 3.30. The van der Waals surface area contributed by atoms with Gasteiger partial charge < -0.3 is 10.2 Å². The molecule has 0 unspecified atom stereocenters. The van der Waals surface area contributed by atoms with Crippen LogP contribution in [-0.2, 0) is 10.1 Å². The van der Waals surface area contributed by atoms with E-state index in [1.54, 1.807) is 0 Å². The Morgan fingerprint density at radius 2 is 1.88 bits per heavy atom. The molecule has 96 valence electrons. The molecule has 0 heterocycles. The Hall–Kier alpha value is -1.27. The van der Waals surface area contributed by atoms with Gasteiger partial charge in [0.1, 0.15) is 0 Å². The summed E-state index contributed by atoms with van der Waals surface area (Å²) in [5, 5.41) is 3.03. The second kappa shape index (κ2) is 5.88. The standard InChI is InChI=1S/C11H18N2O3S/c1-12-10-4-6-11(7-5-10)13(2)8-3-9-17(14,15)16/h4-7,12H,3,8-9H2,1-2H3,(H,14,15,16). The van der Waals surface area contributed by atoms with E-state index >= 15 is 0 Å². The molecular weight excluding hydrogens is 240 g/mol. The first-order chi connectivity index (χ1) is 7.92. The molecule has 2 N–H and O–H groups in total. The smallest absolute Gasteiger partial charge is 0.264 e. The van der Waals surface area contributed by atoms with Gasteiger partial charge in [-0.1, -0.05) is 0 Å². The molecule has 0 amide bonds. The largest absolute Gasteiger partial charge is 0.388 e. The molecule has 1 rings (SSSR count). The third-order valence-electron chi connectivity index (χ3n) is 2.49. The quantitative estimate of drug-likeness (QED) is 0.756. The fourth-order valence-electron chi connectivity index (χ4n) is 1.50. The van der Waals surface area contributed by atoms with Crippen LogP contribution in [0.2, 0.25) is 0 Å². The van der Waals surface area contributed by atoms with Crippen molar-refractivity contribution in [2.45, 2.75) is 6.42 Å². The minimum absolute atomic E-state index is 0.202. The molecule has 0 aliphatic heterocycles. The van der Waals surface area contributed by atoms with Gasteiger partial charge in [-0.25, -0.2) is 0 Å². The molecule has 0 aromatic heterocycles. The van der Waals surface area contributed by atoms with Gasteiger partial charge in [-0.3, -0.25) is 4.55 Å². The van der Waals surface area contributed by atoms with E-state index in [2.05, 4.69) is 5.32 Å². The van der Waals surface area contributed by atoms with Crippen LogP contribution in [0.1, 0.15) is 6.42 Å². The number of nitrogens with zero attached hydrogens (tertiary/aromatic N) is 1. The lowest BCUT2D eigenvalue weighted by Gasteiger charge is -2.19. The van der Waals surface area contributed by atoms with Crippen LogP contribution in [0.25, 0.3) is 0 Å². The van der Waals surface area contributed by atoms with E-state index in [9.17, 15) is 8.42 Å². The minimum atomic E-state index is -3.85. The van der Waals surface area contributed by atoms with Gasteiger partial charge in [0.05, 0.1) is 5.75 Å². The Kier molecular flexibility index (Phi) is 4.77.